The van der Waals surface area contributed by atoms with Gasteiger partial charge in [-0.15, -0.1) is 0 Å². The summed E-state index contributed by atoms with van der Waals surface area (Å²) in [7, 11) is 0. The molecule has 1 amide bonds. The standard InChI is InChI=1S/C21H19N5O3/c1-3-9-26-18-15(20(28)25-21(26)29)10-13(11-23-18)19(27)24-16-7-6-12(2)17-14(16)5-4-8-22-17/h4-8,10-11H,3,9H2,1-2H3,(H,24,27)(H,25,28,29). The molecule has 1 aromatic carbocycles. The molecule has 0 saturated carbocycles. The summed E-state index contributed by atoms with van der Waals surface area (Å²) in [5.74, 6) is -0.402. The molecule has 0 aliphatic rings. The summed E-state index contributed by atoms with van der Waals surface area (Å²) in [5.41, 5.74) is 1.85. The van der Waals surface area contributed by atoms with Crippen LogP contribution in [0.1, 0.15) is 29.3 Å². The van der Waals surface area contributed by atoms with Gasteiger partial charge in [-0.3, -0.25) is 24.1 Å². The van der Waals surface area contributed by atoms with Crippen molar-refractivity contribution in [3.05, 3.63) is 74.7 Å². The van der Waals surface area contributed by atoms with Crippen LogP contribution in [0.4, 0.5) is 5.69 Å². The lowest BCUT2D eigenvalue weighted by Gasteiger charge is -2.11. The highest BCUT2D eigenvalue weighted by molar-refractivity contribution is 6.09. The van der Waals surface area contributed by atoms with E-state index in [0.717, 1.165) is 16.5 Å². The smallest absolute Gasteiger partial charge is 0.321 e. The second-order valence-corrected chi connectivity index (χ2v) is 6.79. The Bertz CT molecular complexity index is 1370. The van der Waals surface area contributed by atoms with Gasteiger partial charge in [-0.1, -0.05) is 13.0 Å². The van der Waals surface area contributed by atoms with Gasteiger partial charge in [0.2, 0.25) is 0 Å². The maximum absolute atomic E-state index is 12.8. The summed E-state index contributed by atoms with van der Waals surface area (Å²) in [4.78, 5) is 48.0. The largest absolute Gasteiger partial charge is 0.329 e. The lowest BCUT2D eigenvalue weighted by molar-refractivity contribution is 0.102. The summed E-state index contributed by atoms with van der Waals surface area (Å²) in [6, 6.07) is 8.85. The van der Waals surface area contributed by atoms with Crippen molar-refractivity contribution in [1.82, 2.24) is 19.5 Å². The van der Waals surface area contributed by atoms with Gasteiger partial charge in [0, 0.05) is 24.3 Å². The number of aryl methyl sites for hydroxylation is 2. The first-order valence-corrected chi connectivity index (χ1v) is 9.28. The van der Waals surface area contributed by atoms with Crippen LogP contribution in [-0.4, -0.2) is 25.4 Å². The normalized spacial score (nSPS) is 11.1. The first-order valence-electron chi connectivity index (χ1n) is 9.28. The number of hydrogen-bond acceptors (Lipinski definition) is 5. The van der Waals surface area contributed by atoms with E-state index in [2.05, 4.69) is 20.3 Å². The molecule has 146 valence electrons. The van der Waals surface area contributed by atoms with Crippen LogP contribution in [0.15, 0.2) is 52.3 Å². The van der Waals surface area contributed by atoms with Gasteiger partial charge in [-0.2, -0.15) is 0 Å². The zero-order chi connectivity index (χ0) is 20.5. The lowest BCUT2D eigenvalue weighted by Crippen LogP contribution is -2.31. The summed E-state index contributed by atoms with van der Waals surface area (Å²) >= 11 is 0. The first-order chi connectivity index (χ1) is 14.0. The van der Waals surface area contributed by atoms with Crippen LogP contribution in [-0.2, 0) is 6.54 Å². The number of hydrogen-bond donors (Lipinski definition) is 2. The van der Waals surface area contributed by atoms with E-state index in [1.807, 2.05) is 38.1 Å². The minimum atomic E-state index is -0.565. The average molecular weight is 389 g/mol. The molecule has 0 aliphatic carbocycles. The second-order valence-electron chi connectivity index (χ2n) is 6.79. The fourth-order valence-electron chi connectivity index (χ4n) is 3.34. The third-order valence-corrected chi connectivity index (χ3v) is 4.76. The molecule has 0 unspecified atom stereocenters. The van der Waals surface area contributed by atoms with E-state index in [1.165, 1.54) is 16.8 Å². The van der Waals surface area contributed by atoms with Crippen molar-refractivity contribution in [2.75, 3.05) is 5.32 Å². The Kier molecular flexibility index (Phi) is 4.67. The number of pyridine rings is 2. The molecule has 3 heterocycles. The zero-order valence-electron chi connectivity index (χ0n) is 16.0. The number of benzene rings is 1. The van der Waals surface area contributed by atoms with Crippen LogP contribution < -0.4 is 16.6 Å². The maximum Gasteiger partial charge on any atom is 0.329 e. The Morgan fingerprint density at radius 1 is 1.17 bits per heavy atom. The Labute approximate surface area is 165 Å². The lowest BCUT2D eigenvalue weighted by atomic mass is 10.1. The SMILES string of the molecule is CCCn1c(=O)[nH]c(=O)c2cc(C(=O)Nc3ccc(C)c4ncccc34)cnc21. The quantitative estimate of drug-likeness (QED) is 0.557. The number of fused-ring (bicyclic) bond motifs is 2. The minimum absolute atomic E-state index is 0.195. The number of aromatic amines is 1. The van der Waals surface area contributed by atoms with Crippen LogP contribution in [0.25, 0.3) is 21.9 Å². The average Bonchev–Trinajstić information content (AvgIpc) is 2.73. The number of nitrogens with one attached hydrogen (secondary N) is 2. The predicted molar refractivity (Wildman–Crippen MR) is 111 cm³/mol. The molecule has 0 fully saturated rings. The van der Waals surface area contributed by atoms with Gasteiger partial charge in [-0.05, 0) is 43.2 Å². The van der Waals surface area contributed by atoms with Gasteiger partial charge >= 0.3 is 5.69 Å². The molecular weight excluding hydrogens is 370 g/mol. The van der Waals surface area contributed by atoms with E-state index in [0.29, 0.717) is 18.7 Å². The number of H-pyrrole nitrogens is 1. The molecule has 0 saturated heterocycles. The van der Waals surface area contributed by atoms with Crippen molar-refractivity contribution in [3.63, 3.8) is 0 Å². The Morgan fingerprint density at radius 3 is 2.79 bits per heavy atom. The van der Waals surface area contributed by atoms with Crippen molar-refractivity contribution >= 4 is 33.5 Å². The van der Waals surface area contributed by atoms with Crippen LogP contribution >= 0.6 is 0 Å². The fraction of sp³-hybridized carbons (Fsp3) is 0.190. The molecule has 3 aromatic heterocycles. The molecule has 2 N–H and O–H groups in total. The molecule has 0 atom stereocenters. The fourth-order valence-corrected chi connectivity index (χ4v) is 3.34. The Balaban J connectivity index is 1.76. The number of anilines is 1. The minimum Gasteiger partial charge on any atom is -0.321 e. The summed E-state index contributed by atoms with van der Waals surface area (Å²) in [6.45, 7) is 4.30. The summed E-state index contributed by atoms with van der Waals surface area (Å²) < 4.78 is 1.40. The monoisotopic (exact) mass is 389 g/mol. The number of nitrogens with zero attached hydrogens (tertiary/aromatic N) is 3. The number of carbonyl (C=O) groups excluding carboxylic acids is 1. The van der Waals surface area contributed by atoms with E-state index < -0.39 is 17.2 Å². The van der Waals surface area contributed by atoms with E-state index in [9.17, 15) is 14.4 Å². The predicted octanol–water partition coefficient (Wildman–Crippen LogP) is 2.60. The number of rotatable bonds is 4. The molecular formula is C21H19N5O3. The van der Waals surface area contributed by atoms with Crippen molar-refractivity contribution in [2.45, 2.75) is 26.8 Å². The third kappa shape index (κ3) is 3.29. The molecule has 0 radical (unpaired) electrons. The molecule has 29 heavy (non-hydrogen) atoms. The molecule has 0 bridgehead atoms. The molecule has 8 nitrogen and oxygen atoms in total. The molecule has 0 aliphatic heterocycles. The van der Waals surface area contributed by atoms with Gasteiger partial charge in [0.05, 0.1) is 22.2 Å². The molecule has 4 aromatic rings. The topological polar surface area (TPSA) is 110 Å². The van der Waals surface area contributed by atoms with Gasteiger partial charge in [0.15, 0.2) is 0 Å². The van der Waals surface area contributed by atoms with E-state index >= 15 is 0 Å². The van der Waals surface area contributed by atoms with Crippen molar-refractivity contribution in [2.24, 2.45) is 0 Å². The van der Waals surface area contributed by atoms with Gasteiger partial charge in [0.1, 0.15) is 5.65 Å². The van der Waals surface area contributed by atoms with E-state index in [-0.39, 0.29) is 16.6 Å². The van der Waals surface area contributed by atoms with Crippen molar-refractivity contribution in [1.29, 1.82) is 0 Å². The highest BCUT2D eigenvalue weighted by Gasteiger charge is 2.14. The second kappa shape index (κ2) is 7.31. The van der Waals surface area contributed by atoms with Crippen molar-refractivity contribution < 1.29 is 4.79 Å². The highest BCUT2D eigenvalue weighted by Crippen LogP contribution is 2.25. The van der Waals surface area contributed by atoms with Crippen LogP contribution in [0.2, 0.25) is 0 Å². The number of carbonyl (C=O) groups is 1. The molecule has 0 spiro atoms. The van der Waals surface area contributed by atoms with Crippen molar-refractivity contribution in [3.8, 4) is 0 Å². The first kappa shape index (κ1) is 18.5. The van der Waals surface area contributed by atoms with Gasteiger partial charge < -0.3 is 5.32 Å². The van der Waals surface area contributed by atoms with Gasteiger partial charge in [-0.25, -0.2) is 9.78 Å². The molecule has 4 rings (SSSR count). The Hall–Kier alpha value is -3.81. The number of amides is 1. The van der Waals surface area contributed by atoms with Gasteiger partial charge in [0.25, 0.3) is 11.5 Å². The summed E-state index contributed by atoms with van der Waals surface area (Å²) in [6.07, 6.45) is 3.78. The van der Waals surface area contributed by atoms with Crippen LogP contribution in [0, 0.1) is 6.92 Å². The third-order valence-electron chi connectivity index (χ3n) is 4.76. The highest BCUT2D eigenvalue weighted by atomic mass is 16.2. The van der Waals surface area contributed by atoms with E-state index in [1.54, 1.807) is 6.20 Å². The van der Waals surface area contributed by atoms with Crippen LogP contribution in [0.3, 0.4) is 0 Å². The Morgan fingerprint density at radius 2 is 2.00 bits per heavy atom. The maximum atomic E-state index is 12.8. The summed E-state index contributed by atoms with van der Waals surface area (Å²) in [5, 5.41) is 3.88. The molecule has 8 heteroatoms. The zero-order valence-corrected chi connectivity index (χ0v) is 16.0. The number of aromatic nitrogens is 4. The van der Waals surface area contributed by atoms with Crippen LogP contribution in [0.5, 0.6) is 0 Å². The van der Waals surface area contributed by atoms with E-state index in [4.69, 9.17) is 0 Å².